The van der Waals surface area contributed by atoms with Crippen LogP contribution in [0.5, 0.6) is 0 Å². The van der Waals surface area contributed by atoms with Gasteiger partial charge in [-0.2, -0.15) is 0 Å². The molecule has 2 nitrogen and oxygen atoms in total. The number of rotatable bonds is 7. The third-order valence-electron chi connectivity index (χ3n) is 5.93. The zero-order valence-corrected chi connectivity index (χ0v) is 21.1. The summed E-state index contributed by atoms with van der Waals surface area (Å²) in [4.78, 5) is 13.4. The lowest BCUT2D eigenvalue weighted by molar-refractivity contribution is -0.161. The van der Waals surface area contributed by atoms with Crippen LogP contribution in [0.4, 0.5) is 4.39 Å². The third-order valence-corrected chi connectivity index (χ3v) is 5.93. The van der Waals surface area contributed by atoms with Crippen molar-refractivity contribution >= 4 is 11.5 Å². The van der Waals surface area contributed by atoms with E-state index in [9.17, 15) is 9.18 Å². The van der Waals surface area contributed by atoms with E-state index in [-0.39, 0.29) is 24.1 Å². The van der Waals surface area contributed by atoms with E-state index >= 15 is 0 Å². The summed E-state index contributed by atoms with van der Waals surface area (Å²) >= 11 is 0. The minimum absolute atomic E-state index is 0.189. The summed E-state index contributed by atoms with van der Waals surface area (Å²) in [6.07, 6.45) is 2.40. The number of hydrogen-bond acceptors (Lipinski definition) is 2. The first kappa shape index (κ1) is 25.4. The fourth-order valence-electron chi connectivity index (χ4n) is 4.26. The van der Waals surface area contributed by atoms with Gasteiger partial charge in [0.25, 0.3) is 0 Å². The Morgan fingerprint density at radius 1 is 0.941 bits per heavy atom. The molecule has 34 heavy (non-hydrogen) atoms. The summed E-state index contributed by atoms with van der Waals surface area (Å²) in [7, 11) is 0. The lowest BCUT2D eigenvalue weighted by Crippen LogP contribution is -2.33. The molecule has 2 atom stereocenters. The summed E-state index contributed by atoms with van der Waals surface area (Å²) in [5, 5.41) is 0. The van der Waals surface area contributed by atoms with Crippen LogP contribution in [0.15, 0.2) is 78.9 Å². The first-order valence-corrected chi connectivity index (χ1v) is 11.9. The molecular weight excluding hydrogens is 423 g/mol. The molecule has 0 radical (unpaired) electrons. The zero-order valence-electron chi connectivity index (χ0n) is 21.1. The number of esters is 1. The van der Waals surface area contributed by atoms with Crippen LogP contribution in [0.25, 0.3) is 5.57 Å². The molecule has 0 bridgehead atoms. The molecule has 0 aliphatic carbocycles. The predicted octanol–water partition coefficient (Wildman–Crippen LogP) is 7.71. The maximum absolute atomic E-state index is 15.0. The SMILES string of the molecule is Cc1cc(C)c(C[C@@H](C(=O)OC(C)(C)C)[C@H](C)C=C(c2ccccc2)c2ccccc2)c(F)c1. The quantitative estimate of drug-likeness (QED) is 0.339. The van der Waals surface area contributed by atoms with E-state index in [0.29, 0.717) is 5.56 Å². The van der Waals surface area contributed by atoms with Crippen molar-refractivity contribution in [3.05, 3.63) is 113 Å². The van der Waals surface area contributed by atoms with E-state index in [0.717, 1.165) is 27.8 Å². The van der Waals surface area contributed by atoms with Gasteiger partial charge in [0.2, 0.25) is 0 Å². The third kappa shape index (κ3) is 6.66. The Balaban J connectivity index is 2.06. The van der Waals surface area contributed by atoms with Crippen molar-refractivity contribution in [1.29, 1.82) is 0 Å². The van der Waals surface area contributed by atoms with Gasteiger partial charge in [0, 0.05) is 0 Å². The number of carbonyl (C=O) groups is 1. The summed E-state index contributed by atoms with van der Waals surface area (Å²) in [5.41, 5.74) is 4.86. The van der Waals surface area contributed by atoms with Crippen molar-refractivity contribution in [1.82, 2.24) is 0 Å². The molecule has 0 saturated heterocycles. The maximum Gasteiger partial charge on any atom is 0.310 e. The second kappa shape index (κ2) is 10.8. The van der Waals surface area contributed by atoms with E-state index < -0.39 is 11.5 Å². The fraction of sp³-hybridized carbons (Fsp3) is 0.323. The molecule has 0 saturated carbocycles. The van der Waals surface area contributed by atoms with Gasteiger partial charge in [0.1, 0.15) is 11.4 Å². The highest BCUT2D eigenvalue weighted by molar-refractivity contribution is 5.81. The average molecular weight is 459 g/mol. The van der Waals surface area contributed by atoms with Crippen LogP contribution in [0, 0.1) is 31.5 Å². The van der Waals surface area contributed by atoms with Gasteiger partial charge in [0.15, 0.2) is 0 Å². The van der Waals surface area contributed by atoms with Crippen molar-refractivity contribution in [2.24, 2.45) is 11.8 Å². The molecule has 0 spiro atoms. The molecule has 0 aromatic heterocycles. The number of benzene rings is 3. The van der Waals surface area contributed by atoms with E-state index in [1.807, 2.05) is 84.0 Å². The van der Waals surface area contributed by atoms with Crippen molar-refractivity contribution < 1.29 is 13.9 Å². The minimum atomic E-state index is -0.624. The largest absolute Gasteiger partial charge is 0.460 e. The van der Waals surface area contributed by atoms with Gasteiger partial charge < -0.3 is 4.74 Å². The second-order valence-electron chi connectivity index (χ2n) is 10.1. The van der Waals surface area contributed by atoms with E-state index in [4.69, 9.17) is 4.74 Å². The highest BCUT2D eigenvalue weighted by atomic mass is 19.1. The fourth-order valence-corrected chi connectivity index (χ4v) is 4.26. The molecule has 0 unspecified atom stereocenters. The van der Waals surface area contributed by atoms with Gasteiger partial charge >= 0.3 is 5.97 Å². The van der Waals surface area contributed by atoms with Gasteiger partial charge in [-0.1, -0.05) is 79.7 Å². The number of hydrogen-bond donors (Lipinski definition) is 0. The zero-order chi connectivity index (χ0) is 24.9. The van der Waals surface area contributed by atoms with Gasteiger partial charge in [-0.15, -0.1) is 0 Å². The predicted molar refractivity (Wildman–Crippen MR) is 138 cm³/mol. The van der Waals surface area contributed by atoms with Crippen molar-refractivity contribution in [2.75, 3.05) is 0 Å². The van der Waals surface area contributed by atoms with Crippen LogP contribution in [0.1, 0.15) is 55.5 Å². The topological polar surface area (TPSA) is 26.3 Å². The first-order valence-electron chi connectivity index (χ1n) is 11.9. The summed E-state index contributed by atoms with van der Waals surface area (Å²) < 4.78 is 20.8. The Kier molecular flexibility index (Phi) is 8.09. The van der Waals surface area contributed by atoms with Crippen LogP contribution in [0.3, 0.4) is 0 Å². The number of ether oxygens (including phenoxy) is 1. The monoisotopic (exact) mass is 458 g/mol. The molecule has 3 rings (SSSR count). The number of aryl methyl sites for hydroxylation is 2. The van der Waals surface area contributed by atoms with Crippen molar-refractivity contribution in [3.63, 3.8) is 0 Å². The highest BCUT2D eigenvalue weighted by Gasteiger charge is 2.31. The molecule has 0 aliphatic rings. The van der Waals surface area contributed by atoms with Crippen LogP contribution in [-0.4, -0.2) is 11.6 Å². The minimum Gasteiger partial charge on any atom is -0.460 e. The molecule has 3 aromatic rings. The molecule has 0 N–H and O–H groups in total. The second-order valence-corrected chi connectivity index (χ2v) is 10.1. The first-order chi connectivity index (χ1) is 16.0. The van der Waals surface area contributed by atoms with E-state index in [1.54, 1.807) is 0 Å². The standard InChI is InChI=1S/C31H35FO2/c1-21-17-22(2)26(29(32)18-21)20-27(30(33)34-31(4,5)6)23(3)19-28(24-13-9-7-10-14-24)25-15-11-8-12-16-25/h7-19,23,27H,20H2,1-6H3/t23-,27-/m1/s1. The number of halogens is 1. The lowest BCUT2D eigenvalue weighted by atomic mass is 9.83. The van der Waals surface area contributed by atoms with Crippen molar-refractivity contribution in [2.45, 2.75) is 53.6 Å². The highest BCUT2D eigenvalue weighted by Crippen LogP contribution is 2.31. The lowest BCUT2D eigenvalue weighted by Gasteiger charge is -2.27. The summed E-state index contributed by atoms with van der Waals surface area (Å²) in [6, 6.07) is 23.8. The summed E-state index contributed by atoms with van der Waals surface area (Å²) in [5.74, 6) is -1.30. The number of carbonyl (C=O) groups excluding carboxylic acids is 1. The smallest absolute Gasteiger partial charge is 0.310 e. The molecule has 0 aliphatic heterocycles. The molecule has 3 aromatic carbocycles. The molecule has 0 heterocycles. The van der Waals surface area contributed by atoms with Crippen LogP contribution in [0.2, 0.25) is 0 Å². The molecular formula is C31H35FO2. The van der Waals surface area contributed by atoms with E-state index in [1.165, 1.54) is 6.07 Å². The van der Waals surface area contributed by atoms with Gasteiger partial charge in [-0.05, 0) is 86.4 Å². The van der Waals surface area contributed by atoms with Gasteiger partial charge in [-0.3, -0.25) is 4.79 Å². The Bertz CT molecular complexity index is 1080. The Labute approximate surface area is 203 Å². The molecule has 178 valence electrons. The van der Waals surface area contributed by atoms with Gasteiger partial charge in [0.05, 0.1) is 5.92 Å². The van der Waals surface area contributed by atoms with Gasteiger partial charge in [-0.25, -0.2) is 4.39 Å². The number of allylic oxidation sites excluding steroid dienone is 1. The van der Waals surface area contributed by atoms with Crippen LogP contribution < -0.4 is 0 Å². The summed E-state index contributed by atoms with van der Waals surface area (Å²) in [6.45, 7) is 11.4. The van der Waals surface area contributed by atoms with Crippen LogP contribution >= 0.6 is 0 Å². The Morgan fingerprint density at radius 3 is 1.94 bits per heavy atom. The van der Waals surface area contributed by atoms with Crippen molar-refractivity contribution in [3.8, 4) is 0 Å². The molecule has 3 heteroatoms. The Morgan fingerprint density at radius 2 is 1.47 bits per heavy atom. The Hall–Kier alpha value is -3.20. The average Bonchev–Trinajstić information content (AvgIpc) is 2.76. The maximum atomic E-state index is 15.0. The van der Waals surface area contributed by atoms with Crippen LogP contribution in [-0.2, 0) is 16.0 Å². The molecule has 0 amide bonds. The normalized spacial score (nSPS) is 13.1. The van der Waals surface area contributed by atoms with E-state index in [2.05, 4.69) is 30.3 Å². The molecule has 0 fully saturated rings.